The lowest BCUT2D eigenvalue weighted by atomic mass is 9.41. The van der Waals surface area contributed by atoms with Crippen LogP contribution in [0.15, 0.2) is 11.6 Å². The quantitative estimate of drug-likeness (QED) is 0.357. The van der Waals surface area contributed by atoms with Gasteiger partial charge in [-0.15, -0.1) is 0 Å². The zero-order chi connectivity index (χ0) is 27.3. The average molecular weight is 511 g/mol. The molecule has 1 heterocycles. The van der Waals surface area contributed by atoms with Crippen LogP contribution in [0.4, 0.5) is 0 Å². The largest absolute Gasteiger partial charge is 0.462 e. The first-order valence-corrected chi connectivity index (χ1v) is 15.5. The van der Waals surface area contributed by atoms with Crippen LogP contribution in [0.25, 0.3) is 0 Å². The van der Waals surface area contributed by atoms with Gasteiger partial charge in [0.05, 0.1) is 5.92 Å². The lowest BCUT2D eigenvalue weighted by Gasteiger charge is -2.62. The van der Waals surface area contributed by atoms with Crippen LogP contribution >= 0.6 is 0 Å². The van der Waals surface area contributed by atoms with Gasteiger partial charge < -0.3 is 4.74 Å². The monoisotopic (exact) mass is 510 g/mol. The summed E-state index contributed by atoms with van der Waals surface area (Å²) in [4.78, 5) is 26.0. The third-order valence-electron chi connectivity index (χ3n) is 14.2. The Balaban J connectivity index is 1.44. The lowest BCUT2D eigenvalue weighted by molar-refractivity contribution is -0.143. The van der Waals surface area contributed by atoms with Gasteiger partial charge in [0.25, 0.3) is 0 Å². The van der Waals surface area contributed by atoms with E-state index in [0.717, 1.165) is 12.8 Å². The number of rotatable bonds is 4. The highest BCUT2D eigenvalue weighted by Gasteiger charge is 2.66. The molecule has 1 saturated heterocycles. The highest BCUT2D eigenvalue weighted by molar-refractivity contribution is 5.94. The molecule has 5 rings (SSSR count). The summed E-state index contributed by atoms with van der Waals surface area (Å²) in [6.07, 6.45) is 10.5. The summed E-state index contributed by atoms with van der Waals surface area (Å²) in [7, 11) is 0. The Morgan fingerprint density at radius 1 is 1.00 bits per heavy atom. The van der Waals surface area contributed by atoms with E-state index in [1.165, 1.54) is 37.7 Å². The molecule has 0 aromatic rings. The van der Waals surface area contributed by atoms with E-state index in [2.05, 4.69) is 75.3 Å². The highest BCUT2D eigenvalue weighted by atomic mass is 16.6. The SMILES string of the molecule is C[C@@H]1C[C@H]2C(=O)C=C3C(CC[C@]4(C)[C@@H](C(C)(C)[C@H](C)CC5[C@@H](C)OC(=O)[C@@H]5C)CC[C@@]34C)[C@@]2(C)C[C@@H]1C. The van der Waals surface area contributed by atoms with Gasteiger partial charge in [0.2, 0.25) is 0 Å². The van der Waals surface area contributed by atoms with Crippen LogP contribution in [0.2, 0.25) is 0 Å². The summed E-state index contributed by atoms with van der Waals surface area (Å²) in [6, 6.07) is 0. The molecule has 4 fully saturated rings. The van der Waals surface area contributed by atoms with E-state index in [1.54, 1.807) is 0 Å². The normalized spacial score (nSPS) is 50.6. The molecule has 37 heavy (non-hydrogen) atoms. The van der Waals surface area contributed by atoms with E-state index in [0.29, 0.717) is 41.3 Å². The molecule has 208 valence electrons. The maximum Gasteiger partial charge on any atom is 0.309 e. The molecule has 2 unspecified atom stereocenters. The zero-order valence-corrected chi connectivity index (χ0v) is 25.4. The summed E-state index contributed by atoms with van der Waals surface area (Å²) in [5.41, 5.74) is 2.10. The predicted octanol–water partition coefficient (Wildman–Crippen LogP) is 8.27. The maximum absolute atomic E-state index is 13.7. The van der Waals surface area contributed by atoms with Gasteiger partial charge >= 0.3 is 5.97 Å². The fraction of sp³-hybridized carbons (Fsp3) is 0.882. The third kappa shape index (κ3) is 3.71. The van der Waals surface area contributed by atoms with Crippen LogP contribution in [-0.4, -0.2) is 17.9 Å². The summed E-state index contributed by atoms with van der Waals surface area (Å²) >= 11 is 0. The van der Waals surface area contributed by atoms with Crippen molar-refractivity contribution in [2.45, 2.75) is 120 Å². The number of ether oxygens (including phenoxy) is 1. The molecule has 0 amide bonds. The molecular weight excluding hydrogens is 456 g/mol. The summed E-state index contributed by atoms with van der Waals surface area (Å²) in [6.45, 7) is 23.9. The first-order valence-electron chi connectivity index (χ1n) is 15.5. The minimum absolute atomic E-state index is 0.000758. The number of hydrogen-bond acceptors (Lipinski definition) is 3. The zero-order valence-electron chi connectivity index (χ0n) is 25.4. The van der Waals surface area contributed by atoms with Crippen LogP contribution in [0.5, 0.6) is 0 Å². The van der Waals surface area contributed by atoms with Gasteiger partial charge in [0.15, 0.2) is 5.78 Å². The predicted molar refractivity (Wildman–Crippen MR) is 150 cm³/mol. The minimum Gasteiger partial charge on any atom is -0.462 e. The van der Waals surface area contributed by atoms with Gasteiger partial charge in [-0.3, -0.25) is 9.59 Å². The van der Waals surface area contributed by atoms with Gasteiger partial charge in [-0.05, 0) is 109 Å². The van der Waals surface area contributed by atoms with Crippen molar-refractivity contribution >= 4 is 11.8 Å². The molecule has 3 heteroatoms. The Morgan fingerprint density at radius 3 is 2.30 bits per heavy atom. The maximum atomic E-state index is 13.7. The first-order chi connectivity index (χ1) is 17.1. The van der Waals surface area contributed by atoms with E-state index in [9.17, 15) is 9.59 Å². The molecule has 0 bridgehead atoms. The number of fused-ring (bicyclic) bond motifs is 5. The first kappa shape index (κ1) is 27.4. The Labute approximate surface area is 227 Å². The second kappa shape index (κ2) is 8.69. The van der Waals surface area contributed by atoms with E-state index >= 15 is 0 Å². The van der Waals surface area contributed by atoms with Crippen molar-refractivity contribution in [3.05, 3.63) is 11.6 Å². The summed E-state index contributed by atoms with van der Waals surface area (Å²) < 4.78 is 5.60. The highest BCUT2D eigenvalue weighted by Crippen LogP contribution is 2.74. The van der Waals surface area contributed by atoms with Crippen LogP contribution < -0.4 is 0 Å². The standard InChI is InChI=1S/C34H54O3/c1-19-15-27-28(35)17-26-25(32(27,8)18-20(19)2)11-13-34(10)29(12-14-33(26,34)9)31(6,7)21(3)16-24-22(4)30(36)37-23(24)5/h17,19-25,27,29H,11-16,18H2,1-10H3/t19-,20+,21-,22-,23-,24?,25?,27+,29-,32-,33+,34-/m1/s1. The molecule has 0 radical (unpaired) electrons. The molecule has 12 atom stereocenters. The summed E-state index contributed by atoms with van der Waals surface area (Å²) in [5.74, 6) is 3.95. The second-order valence-corrected chi connectivity index (χ2v) is 15.9. The van der Waals surface area contributed by atoms with Crippen molar-refractivity contribution in [2.75, 3.05) is 0 Å². The van der Waals surface area contributed by atoms with E-state index in [1.807, 2.05) is 0 Å². The van der Waals surface area contributed by atoms with Crippen molar-refractivity contribution in [3.63, 3.8) is 0 Å². The Kier molecular flexibility index (Phi) is 6.45. The van der Waals surface area contributed by atoms with Crippen LogP contribution in [-0.2, 0) is 14.3 Å². The molecular formula is C34H54O3. The third-order valence-corrected chi connectivity index (χ3v) is 14.2. The molecule has 0 aromatic carbocycles. The number of carbonyl (C=O) groups excluding carboxylic acids is 2. The minimum atomic E-state index is -0.0200. The molecule has 0 spiro atoms. The molecule has 4 aliphatic carbocycles. The number of cyclic esters (lactones) is 1. The summed E-state index contributed by atoms with van der Waals surface area (Å²) in [5, 5.41) is 0. The molecule has 3 saturated carbocycles. The Morgan fingerprint density at radius 2 is 1.68 bits per heavy atom. The number of esters is 1. The number of allylic oxidation sites excluding steroid dienone is 2. The van der Waals surface area contributed by atoms with Gasteiger partial charge in [0, 0.05) is 11.8 Å². The Hall–Kier alpha value is -1.12. The van der Waals surface area contributed by atoms with E-state index in [4.69, 9.17) is 4.74 Å². The molecule has 3 nitrogen and oxygen atoms in total. The van der Waals surface area contributed by atoms with Crippen molar-refractivity contribution in [2.24, 2.45) is 69.0 Å². The number of carbonyl (C=O) groups is 2. The molecule has 1 aliphatic heterocycles. The van der Waals surface area contributed by atoms with Crippen molar-refractivity contribution < 1.29 is 14.3 Å². The molecule has 5 aliphatic rings. The van der Waals surface area contributed by atoms with Gasteiger partial charge in [-0.1, -0.05) is 67.9 Å². The fourth-order valence-electron chi connectivity index (χ4n) is 10.9. The Bertz CT molecular complexity index is 993. The van der Waals surface area contributed by atoms with E-state index in [-0.39, 0.29) is 45.6 Å². The number of ketones is 1. The van der Waals surface area contributed by atoms with Gasteiger partial charge in [0.1, 0.15) is 6.10 Å². The number of hydrogen-bond donors (Lipinski definition) is 0. The van der Waals surface area contributed by atoms with Crippen LogP contribution in [0.3, 0.4) is 0 Å². The van der Waals surface area contributed by atoms with Crippen molar-refractivity contribution in [1.82, 2.24) is 0 Å². The van der Waals surface area contributed by atoms with Crippen molar-refractivity contribution in [3.8, 4) is 0 Å². The topological polar surface area (TPSA) is 43.4 Å². The second-order valence-electron chi connectivity index (χ2n) is 15.9. The smallest absolute Gasteiger partial charge is 0.309 e. The van der Waals surface area contributed by atoms with Crippen LogP contribution in [0.1, 0.15) is 114 Å². The van der Waals surface area contributed by atoms with Gasteiger partial charge in [-0.25, -0.2) is 0 Å². The fourth-order valence-corrected chi connectivity index (χ4v) is 10.9. The average Bonchev–Trinajstić information content (AvgIpc) is 3.23. The van der Waals surface area contributed by atoms with Gasteiger partial charge in [-0.2, -0.15) is 0 Å². The van der Waals surface area contributed by atoms with Crippen molar-refractivity contribution in [1.29, 1.82) is 0 Å². The lowest BCUT2D eigenvalue weighted by Crippen LogP contribution is -2.56. The molecule has 0 N–H and O–H groups in total. The van der Waals surface area contributed by atoms with E-state index < -0.39 is 0 Å². The molecule has 0 aromatic heterocycles. The van der Waals surface area contributed by atoms with Crippen LogP contribution in [0, 0.1) is 69.0 Å².